The van der Waals surface area contributed by atoms with E-state index in [1.807, 2.05) is 12.1 Å². The van der Waals surface area contributed by atoms with Crippen LogP contribution < -0.4 is 10.6 Å². The van der Waals surface area contributed by atoms with Crippen LogP contribution in [0.2, 0.25) is 0 Å². The van der Waals surface area contributed by atoms with Gasteiger partial charge < -0.3 is 10.6 Å². The van der Waals surface area contributed by atoms with Crippen LogP contribution in [0.4, 0.5) is 5.69 Å². The number of anilines is 1. The predicted octanol–water partition coefficient (Wildman–Crippen LogP) is 3.66. The number of hydrogen-bond donors (Lipinski definition) is 1. The van der Waals surface area contributed by atoms with Crippen molar-refractivity contribution >= 4 is 22.9 Å². The molecule has 104 valence electrons. The molecule has 0 aliphatic rings. The SMILES string of the molecule is CCN(Cc1ccc(C(N)=S)cc1)c1ccccc1C. The number of benzene rings is 2. The topological polar surface area (TPSA) is 29.3 Å². The van der Waals surface area contributed by atoms with Gasteiger partial charge in [-0.2, -0.15) is 0 Å². The first-order chi connectivity index (χ1) is 9.61. The van der Waals surface area contributed by atoms with E-state index in [0.717, 1.165) is 18.7 Å². The molecule has 0 radical (unpaired) electrons. The third kappa shape index (κ3) is 3.36. The maximum Gasteiger partial charge on any atom is 0.103 e. The second kappa shape index (κ2) is 6.53. The van der Waals surface area contributed by atoms with Gasteiger partial charge in [-0.15, -0.1) is 0 Å². The molecule has 0 unspecified atom stereocenters. The lowest BCUT2D eigenvalue weighted by molar-refractivity contribution is 0.828. The number of hydrogen-bond acceptors (Lipinski definition) is 2. The largest absolute Gasteiger partial charge is 0.389 e. The Kier molecular flexibility index (Phi) is 4.74. The lowest BCUT2D eigenvalue weighted by Gasteiger charge is -2.25. The first-order valence-corrected chi connectivity index (χ1v) is 7.22. The highest BCUT2D eigenvalue weighted by atomic mass is 32.1. The van der Waals surface area contributed by atoms with Gasteiger partial charge in [-0.1, -0.05) is 54.7 Å². The Morgan fingerprint density at radius 1 is 1.10 bits per heavy atom. The van der Waals surface area contributed by atoms with Gasteiger partial charge in [0.1, 0.15) is 4.99 Å². The Balaban J connectivity index is 2.18. The fraction of sp³-hybridized carbons (Fsp3) is 0.235. The molecule has 3 heteroatoms. The number of rotatable bonds is 5. The fourth-order valence-corrected chi connectivity index (χ4v) is 2.42. The molecule has 0 heterocycles. The van der Waals surface area contributed by atoms with Crippen molar-refractivity contribution in [2.45, 2.75) is 20.4 Å². The van der Waals surface area contributed by atoms with Crippen molar-refractivity contribution < 1.29 is 0 Å². The van der Waals surface area contributed by atoms with Gasteiger partial charge >= 0.3 is 0 Å². The molecule has 0 spiro atoms. The fourth-order valence-electron chi connectivity index (χ4n) is 2.28. The molecule has 0 atom stereocenters. The summed E-state index contributed by atoms with van der Waals surface area (Å²) in [5, 5.41) is 0. The summed E-state index contributed by atoms with van der Waals surface area (Å²) in [6, 6.07) is 16.6. The summed E-state index contributed by atoms with van der Waals surface area (Å²) in [5.41, 5.74) is 10.4. The summed E-state index contributed by atoms with van der Waals surface area (Å²) in [6.45, 7) is 6.19. The molecule has 2 rings (SSSR count). The third-order valence-electron chi connectivity index (χ3n) is 3.45. The molecule has 0 fully saturated rings. The van der Waals surface area contributed by atoms with E-state index in [9.17, 15) is 0 Å². The molecule has 20 heavy (non-hydrogen) atoms. The van der Waals surface area contributed by atoms with Crippen molar-refractivity contribution in [3.63, 3.8) is 0 Å². The molecule has 0 bridgehead atoms. The molecular weight excluding hydrogens is 264 g/mol. The predicted molar refractivity (Wildman–Crippen MR) is 90.2 cm³/mol. The summed E-state index contributed by atoms with van der Waals surface area (Å²) in [7, 11) is 0. The quantitative estimate of drug-likeness (QED) is 0.850. The van der Waals surface area contributed by atoms with Gasteiger partial charge in [0.15, 0.2) is 0 Å². The van der Waals surface area contributed by atoms with E-state index < -0.39 is 0 Å². The van der Waals surface area contributed by atoms with E-state index in [4.69, 9.17) is 18.0 Å². The minimum atomic E-state index is 0.447. The van der Waals surface area contributed by atoms with Crippen molar-refractivity contribution in [1.29, 1.82) is 0 Å². The molecule has 0 aliphatic heterocycles. The highest BCUT2D eigenvalue weighted by Crippen LogP contribution is 2.21. The maximum absolute atomic E-state index is 5.62. The van der Waals surface area contributed by atoms with Crippen LogP contribution in [0.3, 0.4) is 0 Å². The van der Waals surface area contributed by atoms with Crippen LogP contribution in [0.25, 0.3) is 0 Å². The zero-order valence-corrected chi connectivity index (χ0v) is 12.8. The molecule has 0 aliphatic carbocycles. The van der Waals surface area contributed by atoms with Crippen molar-refractivity contribution in [2.75, 3.05) is 11.4 Å². The number of aryl methyl sites for hydroxylation is 1. The van der Waals surface area contributed by atoms with Crippen LogP contribution in [0.1, 0.15) is 23.6 Å². The number of thiocarbonyl (C=S) groups is 1. The highest BCUT2D eigenvalue weighted by molar-refractivity contribution is 7.80. The van der Waals surface area contributed by atoms with E-state index in [0.29, 0.717) is 4.99 Å². The molecule has 0 saturated heterocycles. The van der Waals surface area contributed by atoms with Gasteiger partial charge in [-0.3, -0.25) is 0 Å². The zero-order valence-electron chi connectivity index (χ0n) is 12.0. The Hall–Kier alpha value is -1.87. The standard InChI is InChI=1S/C17H20N2S/c1-3-19(16-7-5-4-6-13(16)2)12-14-8-10-15(11-9-14)17(18)20/h4-11H,3,12H2,1-2H3,(H2,18,20). The van der Waals surface area contributed by atoms with E-state index >= 15 is 0 Å². The summed E-state index contributed by atoms with van der Waals surface area (Å²) < 4.78 is 0. The molecular formula is C17H20N2S. The lowest BCUT2D eigenvalue weighted by Crippen LogP contribution is -2.22. The normalized spacial score (nSPS) is 10.3. The van der Waals surface area contributed by atoms with E-state index in [1.165, 1.54) is 16.8 Å². The second-order valence-corrected chi connectivity index (χ2v) is 5.30. The number of nitrogens with two attached hydrogens (primary N) is 1. The van der Waals surface area contributed by atoms with Crippen molar-refractivity contribution in [3.8, 4) is 0 Å². The first-order valence-electron chi connectivity index (χ1n) is 6.81. The lowest BCUT2D eigenvalue weighted by atomic mass is 10.1. The molecule has 2 N–H and O–H groups in total. The minimum Gasteiger partial charge on any atom is -0.389 e. The van der Waals surface area contributed by atoms with Crippen LogP contribution in [-0.4, -0.2) is 11.5 Å². The highest BCUT2D eigenvalue weighted by Gasteiger charge is 2.07. The van der Waals surface area contributed by atoms with Crippen LogP contribution >= 0.6 is 12.2 Å². The molecule has 2 nitrogen and oxygen atoms in total. The summed E-state index contributed by atoms with van der Waals surface area (Å²) >= 11 is 4.98. The van der Waals surface area contributed by atoms with Gasteiger partial charge in [0.05, 0.1) is 0 Å². The van der Waals surface area contributed by atoms with Gasteiger partial charge in [-0.25, -0.2) is 0 Å². The molecule has 0 aromatic heterocycles. The summed E-state index contributed by atoms with van der Waals surface area (Å²) in [5.74, 6) is 0. The van der Waals surface area contributed by atoms with Crippen LogP contribution in [0.5, 0.6) is 0 Å². The van der Waals surface area contributed by atoms with Crippen molar-refractivity contribution in [1.82, 2.24) is 0 Å². The molecule has 0 saturated carbocycles. The Bertz CT molecular complexity index is 590. The van der Waals surface area contributed by atoms with Crippen LogP contribution in [-0.2, 0) is 6.54 Å². The number of nitrogens with zero attached hydrogens (tertiary/aromatic N) is 1. The first kappa shape index (κ1) is 14.5. The van der Waals surface area contributed by atoms with Crippen LogP contribution in [0.15, 0.2) is 48.5 Å². The third-order valence-corrected chi connectivity index (χ3v) is 3.69. The average molecular weight is 284 g/mol. The van der Waals surface area contributed by atoms with Gasteiger partial charge in [0.25, 0.3) is 0 Å². The van der Waals surface area contributed by atoms with E-state index in [2.05, 4.69) is 55.1 Å². The molecule has 2 aromatic carbocycles. The van der Waals surface area contributed by atoms with Crippen molar-refractivity contribution in [3.05, 3.63) is 65.2 Å². The molecule has 0 amide bonds. The molecule has 2 aromatic rings. The average Bonchev–Trinajstić information content (AvgIpc) is 2.46. The second-order valence-electron chi connectivity index (χ2n) is 4.86. The monoisotopic (exact) mass is 284 g/mol. The van der Waals surface area contributed by atoms with Gasteiger partial charge in [-0.05, 0) is 31.0 Å². The van der Waals surface area contributed by atoms with E-state index in [-0.39, 0.29) is 0 Å². The Labute approximate surface area is 126 Å². The minimum absolute atomic E-state index is 0.447. The van der Waals surface area contributed by atoms with E-state index in [1.54, 1.807) is 0 Å². The zero-order chi connectivity index (χ0) is 14.5. The Morgan fingerprint density at radius 3 is 2.30 bits per heavy atom. The van der Waals surface area contributed by atoms with Crippen molar-refractivity contribution in [2.24, 2.45) is 5.73 Å². The smallest absolute Gasteiger partial charge is 0.103 e. The number of para-hydroxylation sites is 1. The maximum atomic E-state index is 5.62. The summed E-state index contributed by atoms with van der Waals surface area (Å²) in [6.07, 6.45) is 0. The Morgan fingerprint density at radius 2 is 1.75 bits per heavy atom. The van der Waals surface area contributed by atoms with Gasteiger partial charge in [0, 0.05) is 24.3 Å². The van der Waals surface area contributed by atoms with Crippen LogP contribution in [0, 0.1) is 6.92 Å². The summed E-state index contributed by atoms with van der Waals surface area (Å²) in [4.78, 5) is 2.81. The van der Waals surface area contributed by atoms with Gasteiger partial charge in [0.2, 0.25) is 0 Å².